The molecule has 1 aliphatic rings. The maximum Gasteiger partial charge on any atom is 0.414 e. The van der Waals surface area contributed by atoms with Crippen LogP contribution in [0.15, 0.2) is 41.3 Å². The molecule has 156 valence electrons. The lowest BCUT2D eigenvalue weighted by Crippen LogP contribution is -2.38. The minimum Gasteiger partial charge on any atom is -0.444 e. The van der Waals surface area contributed by atoms with Crippen molar-refractivity contribution in [2.24, 2.45) is 5.92 Å². The molecule has 0 bridgehead atoms. The molecule has 0 unspecified atom stereocenters. The number of H-pyrrole nitrogens is 1. The first kappa shape index (κ1) is 20.2. The Morgan fingerprint density at radius 2 is 2.03 bits per heavy atom. The van der Waals surface area contributed by atoms with Crippen LogP contribution in [-0.2, 0) is 11.3 Å². The van der Waals surface area contributed by atoms with Crippen molar-refractivity contribution in [1.82, 2.24) is 9.97 Å². The number of hydrogen-bond donors (Lipinski definition) is 2. The fourth-order valence-electron chi connectivity index (χ4n) is 3.58. The van der Waals surface area contributed by atoms with E-state index in [-0.39, 0.29) is 30.2 Å². The lowest BCUT2D eigenvalue weighted by Gasteiger charge is -2.30. The van der Waals surface area contributed by atoms with Crippen LogP contribution in [0, 0.1) is 5.92 Å². The van der Waals surface area contributed by atoms with Crippen molar-refractivity contribution in [3.63, 3.8) is 0 Å². The van der Waals surface area contributed by atoms with E-state index in [1.54, 1.807) is 23.2 Å². The van der Waals surface area contributed by atoms with Gasteiger partial charge in [0.25, 0.3) is 5.56 Å². The number of carbonyl (C=O) groups is 1. The maximum absolute atomic E-state index is 12.6. The molecule has 2 N–H and O–H groups in total. The molecule has 8 heteroatoms. The van der Waals surface area contributed by atoms with Gasteiger partial charge in [0.15, 0.2) is 0 Å². The van der Waals surface area contributed by atoms with Gasteiger partial charge in [-0.1, -0.05) is 25.4 Å². The molecule has 0 radical (unpaired) electrons. The van der Waals surface area contributed by atoms with Crippen LogP contribution in [0.3, 0.4) is 0 Å². The molecule has 0 aliphatic carbocycles. The van der Waals surface area contributed by atoms with Gasteiger partial charge in [0.2, 0.25) is 0 Å². The highest BCUT2D eigenvalue weighted by atomic mass is 35.5. The van der Waals surface area contributed by atoms with E-state index in [1.807, 2.05) is 39.0 Å². The lowest BCUT2D eigenvalue weighted by atomic mass is 10.1. The first-order valence-electron chi connectivity index (χ1n) is 9.84. The van der Waals surface area contributed by atoms with Gasteiger partial charge in [-0.2, -0.15) is 0 Å². The number of carbonyl (C=O) groups excluding carboxylic acids is 1. The van der Waals surface area contributed by atoms with E-state index in [1.165, 1.54) is 0 Å². The molecule has 4 rings (SSSR count). The Kier molecular flexibility index (Phi) is 5.39. The molecule has 2 aromatic heterocycles. The van der Waals surface area contributed by atoms with Gasteiger partial charge in [-0.15, -0.1) is 0 Å². The number of nitrogens with zero attached hydrogens (tertiary/aromatic N) is 2. The Hall–Kier alpha value is -3.06. The quantitative estimate of drug-likeness (QED) is 0.608. The van der Waals surface area contributed by atoms with Gasteiger partial charge >= 0.3 is 6.09 Å². The van der Waals surface area contributed by atoms with Crippen LogP contribution in [0.4, 0.5) is 16.3 Å². The van der Waals surface area contributed by atoms with Gasteiger partial charge < -0.3 is 15.0 Å². The average Bonchev–Trinajstić information content (AvgIpc) is 2.69. The van der Waals surface area contributed by atoms with E-state index in [4.69, 9.17) is 16.3 Å². The van der Waals surface area contributed by atoms with Gasteiger partial charge in [-0.05, 0) is 37.1 Å². The van der Waals surface area contributed by atoms with E-state index >= 15 is 0 Å². The molecule has 1 atom stereocenters. The van der Waals surface area contributed by atoms with Crippen molar-refractivity contribution >= 4 is 40.1 Å². The van der Waals surface area contributed by atoms with E-state index in [0.717, 1.165) is 22.2 Å². The largest absolute Gasteiger partial charge is 0.444 e. The van der Waals surface area contributed by atoms with Crippen LogP contribution in [0.1, 0.15) is 37.9 Å². The first-order chi connectivity index (χ1) is 14.3. The Labute approximate surface area is 179 Å². The number of amides is 1. The Balaban J connectivity index is 1.64. The zero-order chi connectivity index (χ0) is 21.4. The first-order valence-corrected chi connectivity index (χ1v) is 10.2. The predicted octanol–water partition coefficient (Wildman–Crippen LogP) is 4.86. The molecule has 1 aromatic carbocycles. The van der Waals surface area contributed by atoms with Gasteiger partial charge in [-0.3, -0.25) is 9.69 Å². The second-order valence-electron chi connectivity index (χ2n) is 7.91. The molecule has 1 amide bonds. The minimum absolute atomic E-state index is 0.173. The standard InChI is InChI=1S/C22H23ClN4O3/c1-12(2)10-27-19-8-20(24-9-15(19)11-30-22(27)29)25-13(3)17-7-14-6-16(23)4-5-18(14)26-21(17)28/h4-9,12-13H,10-11H2,1-3H3,(H,24,25)(H,26,28)/t13-/m0/s1. The monoisotopic (exact) mass is 426 g/mol. The van der Waals surface area contributed by atoms with Crippen LogP contribution in [0.2, 0.25) is 5.02 Å². The van der Waals surface area contributed by atoms with E-state index in [9.17, 15) is 9.59 Å². The van der Waals surface area contributed by atoms with E-state index < -0.39 is 0 Å². The summed E-state index contributed by atoms with van der Waals surface area (Å²) in [5.41, 5.74) is 2.76. The van der Waals surface area contributed by atoms with Crippen molar-refractivity contribution in [3.8, 4) is 0 Å². The number of fused-ring (bicyclic) bond motifs is 2. The topological polar surface area (TPSA) is 87.3 Å². The Morgan fingerprint density at radius 1 is 1.23 bits per heavy atom. The number of rotatable bonds is 5. The summed E-state index contributed by atoms with van der Waals surface area (Å²) in [4.78, 5) is 33.8. The van der Waals surface area contributed by atoms with E-state index in [0.29, 0.717) is 22.9 Å². The highest BCUT2D eigenvalue weighted by molar-refractivity contribution is 6.31. The molecular formula is C22H23ClN4O3. The van der Waals surface area contributed by atoms with Crippen molar-refractivity contribution in [3.05, 3.63) is 63.0 Å². The Bertz CT molecular complexity index is 1170. The number of nitrogens with one attached hydrogen (secondary N) is 2. The number of cyclic esters (lactones) is 1. The summed E-state index contributed by atoms with van der Waals surface area (Å²) in [6.07, 6.45) is 1.35. The zero-order valence-corrected chi connectivity index (χ0v) is 17.8. The number of aromatic amines is 1. The number of pyridine rings is 2. The second-order valence-corrected chi connectivity index (χ2v) is 8.35. The van der Waals surface area contributed by atoms with Crippen LogP contribution in [0.25, 0.3) is 10.9 Å². The van der Waals surface area contributed by atoms with Crippen LogP contribution in [0.5, 0.6) is 0 Å². The molecule has 3 heterocycles. The maximum atomic E-state index is 12.6. The summed E-state index contributed by atoms with van der Waals surface area (Å²) in [5, 5.41) is 4.74. The summed E-state index contributed by atoms with van der Waals surface area (Å²) < 4.78 is 5.24. The van der Waals surface area contributed by atoms with E-state index in [2.05, 4.69) is 15.3 Å². The number of ether oxygens (including phenoxy) is 1. The summed E-state index contributed by atoms with van der Waals surface area (Å²) in [5.74, 6) is 0.866. The van der Waals surface area contributed by atoms with Crippen molar-refractivity contribution in [1.29, 1.82) is 0 Å². The number of aromatic nitrogens is 2. The fourth-order valence-corrected chi connectivity index (χ4v) is 3.76. The van der Waals surface area contributed by atoms with Crippen LogP contribution < -0.4 is 15.8 Å². The van der Waals surface area contributed by atoms with Gasteiger partial charge in [0.05, 0.1) is 11.7 Å². The third-order valence-electron chi connectivity index (χ3n) is 5.04. The van der Waals surface area contributed by atoms with Gasteiger partial charge in [-0.25, -0.2) is 9.78 Å². The molecule has 30 heavy (non-hydrogen) atoms. The Morgan fingerprint density at radius 3 is 2.80 bits per heavy atom. The second kappa shape index (κ2) is 7.99. The number of benzene rings is 1. The molecule has 0 fully saturated rings. The summed E-state index contributed by atoms with van der Waals surface area (Å²) in [6.45, 7) is 6.74. The third-order valence-corrected chi connectivity index (χ3v) is 5.27. The number of anilines is 2. The van der Waals surface area contributed by atoms with Crippen molar-refractivity contribution < 1.29 is 9.53 Å². The average molecular weight is 427 g/mol. The van der Waals surface area contributed by atoms with Gasteiger partial charge in [0, 0.05) is 45.9 Å². The number of halogens is 1. The molecule has 7 nitrogen and oxygen atoms in total. The zero-order valence-electron chi connectivity index (χ0n) is 17.0. The molecule has 3 aromatic rings. The predicted molar refractivity (Wildman–Crippen MR) is 118 cm³/mol. The molecule has 0 spiro atoms. The molecule has 0 saturated heterocycles. The highest BCUT2D eigenvalue weighted by Crippen LogP contribution is 2.30. The summed E-state index contributed by atoms with van der Waals surface area (Å²) in [6, 6.07) is 8.70. The van der Waals surface area contributed by atoms with Crippen molar-refractivity contribution in [2.75, 3.05) is 16.8 Å². The third kappa shape index (κ3) is 3.98. The van der Waals surface area contributed by atoms with Crippen LogP contribution in [-0.4, -0.2) is 22.6 Å². The van der Waals surface area contributed by atoms with Crippen molar-refractivity contribution in [2.45, 2.75) is 33.4 Å². The SMILES string of the molecule is CC(C)CN1C(=O)OCc2cnc(N[C@@H](C)c3cc4cc(Cl)ccc4[nH]c3=O)cc21. The smallest absolute Gasteiger partial charge is 0.414 e. The highest BCUT2D eigenvalue weighted by Gasteiger charge is 2.27. The summed E-state index contributed by atoms with van der Waals surface area (Å²) in [7, 11) is 0. The lowest BCUT2D eigenvalue weighted by molar-refractivity contribution is 0.141. The van der Waals surface area contributed by atoms with Crippen LogP contribution >= 0.6 is 11.6 Å². The summed E-state index contributed by atoms with van der Waals surface area (Å²) >= 11 is 6.09. The van der Waals surface area contributed by atoms with Gasteiger partial charge in [0.1, 0.15) is 12.4 Å². The molecule has 0 saturated carbocycles. The molecule has 1 aliphatic heterocycles. The molecular weight excluding hydrogens is 404 g/mol. The normalized spacial score (nSPS) is 14.6. The fraction of sp³-hybridized carbons (Fsp3) is 0.318. The number of hydrogen-bond acceptors (Lipinski definition) is 5. The minimum atomic E-state index is -0.357.